The fourth-order valence-corrected chi connectivity index (χ4v) is 1.70. The van der Waals surface area contributed by atoms with Gasteiger partial charge in [-0.1, -0.05) is 25.4 Å². The molecule has 0 unspecified atom stereocenters. The predicted octanol–water partition coefficient (Wildman–Crippen LogP) is 1.08. The van der Waals surface area contributed by atoms with Gasteiger partial charge in [0, 0.05) is 6.20 Å². The summed E-state index contributed by atoms with van der Waals surface area (Å²) in [6, 6.07) is 1.10. The van der Waals surface area contributed by atoms with E-state index in [1.54, 1.807) is 19.2 Å². The van der Waals surface area contributed by atoms with Crippen molar-refractivity contribution in [2.45, 2.75) is 26.8 Å². The number of anilines is 1. The second-order valence-electron chi connectivity index (χ2n) is 4.83. The van der Waals surface area contributed by atoms with Crippen LogP contribution in [-0.4, -0.2) is 29.4 Å². The van der Waals surface area contributed by atoms with Gasteiger partial charge >= 0.3 is 0 Å². The molecule has 7 heteroatoms. The van der Waals surface area contributed by atoms with Crippen LogP contribution in [0, 0.1) is 12.8 Å². The first-order chi connectivity index (χ1) is 9.32. The fourth-order valence-electron chi connectivity index (χ4n) is 1.45. The number of carbonyl (C=O) groups is 2. The van der Waals surface area contributed by atoms with Crippen LogP contribution in [0.4, 0.5) is 5.69 Å². The Bertz CT molecular complexity index is 485. The van der Waals surface area contributed by atoms with Gasteiger partial charge in [0.15, 0.2) is 5.15 Å². The zero-order valence-corrected chi connectivity index (χ0v) is 12.5. The average molecular weight is 299 g/mol. The highest BCUT2D eigenvalue weighted by Crippen LogP contribution is 2.22. The molecular weight excluding hydrogens is 280 g/mol. The number of hydrogen-bond acceptors (Lipinski definition) is 4. The van der Waals surface area contributed by atoms with Crippen LogP contribution < -0.4 is 16.4 Å². The molecule has 20 heavy (non-hydrogen) atoms. The summed E-state index contributed by atoms with van der Waals surface area (Å²) in [5.41, 5.74) is 6.91. The molecule has 0 saturated carbocycles. The summed E-state index contributed by atoms with van der Waals surface area (Å²) in [7, 11) is 0. The van der Waals surface area contributed by atoms with Crippen molar-refractivity contribution in [3.8, 4) is 0 Å². The molecular formula is C13H19ClN4O2. The Kier molecular flexibility index (Phi) is 5.91. The Morgan fingerprint density at radius 2 is 2.10 bits per heavy atom. The molecule has 2 amide bonds. The molecule has 0 radical (unpaired) electrons. The Balaban J connectivity index is 2.55. The quantitative estimate of drug-likeness (QED) is 0.709. The molecule has 110 valence electrons. The van der Waals surface area contributed by atoms with Crippen LogP contribution in [0.15, 0.2) is 12.3 Å². The third-order valence-electron chi connectivity index (χ3n) is 2.82. The van der Waals surface area contributed by atoms with Crippen molar-refractivity contribution < 1.29 is 9.59 Å². The van der Waals surface area contributed by atoms with Gasteiger partial charge in [-0.05, 0) is 24.5 Å². The van der Waals surface area contributed by atoms with Crippen LogP contribution in [0.3, 0.4) is 0 Å². The number of carbonyl (C=O) groups excluding carboxylic acids is 2. The first-order valence-electron chi connectivity index (χ1n) is 6.27. The van der Waals surface area contributed by atoms with Gasteiger partial charge in [0.1, 0.15) is 0 Å². The van der Waals surface area contributed by atoms with Gasteiger partial charge in [-0.15, -0.1) is 0 Å². The molecule has 4 N–H and O–H groups in total. The van der Waals surface area contributed by atoms with Crippen LogP contribution >= 0.6 is 11.6 Å². The lowest BCUT2D eigenvalue weighted by molar-refractivity contribution is -0.125. The van der Waals surface area contributed by atoms with Crippen molar-refractivity contribution in [2.24, 2.45) is 11.7 Å². The number of nitrogens with zero attached hydrogens (tertiary/aromatic N) is 1. The van der Waals surface area contributed by atoms with Crippen molar-refractivity contribution in [3.63, 3.8) is 0 Å². The Morgan fingerprint density at radius 3 is 2.65 bits per heavy atom. The monoisotopic (exact) mass is 298 g/mol. The predicted molar refractivity (Wildman–Crippen MR) is 78.4 cm³/mol. The number of rotatable bonds is 5. The van der Waals surface area contributed by atoms with Crippen molar-refractivity contribution in [1.82, 2.24) is 10.3 Å². The summed E-state index contributed by atoms with van der Waals surface area (Å²) in [6.07, 6.45) is 1.55. The summed E-state index contributed by atoms with van der Waals surface area (Å²) in [4.78, 5) is 27.3. The van der Waals surface area contributed by atoms with Gasteiger partial charge in [-0.3, -0.25) is 9.59 Å². The zero-order chi connectivity index (χ0) is 15.3. The summed E-state index contributed by atoms with van der Waals surface area (Å²) >= 11 is 5.90. The molecule has 0 saturated heterocycles. The molecule has 1 atom stereocenters. The van der Waals surface area contributed by atoms with E-state index in [2.05, 4.69) is 15.6 Å². The van der Waals surface area contributed by atoms with E-state index < -0.39 is 6.04 Å². The summed E-state index contributed by atoms with van der Waals surface area (Å²) in [6.45, 7) is 5.31. The van der Waals surface area contributed by atoms with Gasteiger partial charge in [0.05, 0.1) is 18.3 Å². The van der Waals surface area contributed by atoms with Crippen LogP contribution in [0.1, 0.15) is 19.4 Å². The molecule has 0 aliphatic carbocycles. The summed E-state index contributed by atoms with van der Waals surface area (Å²) in [5.74, 6) is -0.732. The summed E-state index contributed by atoms with van der Waals surface area (Å²) < 4.78 is 0. The highest BCUT2D eigenvalue weighted by molar-refractivity contribution is 6.32. The van der Waals surface area contributed by atoms with E-state index in [1.165, 1.54) is 0 Å². The van der Waals surface area contributed by atoms with Gasteiger partial charge in [-0.2, -0.15) is 0 Å². The maximum absolute atomic E-state index is 11.8. The van der Waals surface area contributed by atoms with E-state index in [0.717, 1.165) is 5.56 Å². The molecule has 0 spiro atoms. The Morgan fingerprint density at radius 1 is 1.45 bits per heavy atom. The third-order valence-corrected chi connectivity index (χ3v) is 3.11. The van der Waals surface area contributed by atoms with Gasteiger partial charge in [0.2, 0.25) is 11.8 Å². The van der Waals surface area contributed by atoms with Gasteiger partial charge in [0.25, 0.3) is 0 Å². The van der Waals surface area contributed by atoms with Crippen molar-refractivity contribution >= 4 is 29.1 Å². The molecule has 0 bridgehead atoms. The normalized spacial score (nSPS) is 12.1. The molecule has 0 aliphatic rings. The Hall–Kier alpha value is -1.66. The van der Waals surface area contributed by atoms with Crippen LogP contribution in [0.2, 0.25) is 5.15 Å². The third kappa shape index (κ3) is 4.47. The van der Waals surface area contributed by atoms with Crippen LogP contribution in [0.25, 0.3) is 0 Å². The Labute approximate surface area is 123 Å². The highest BCUT2D eigenvalue weighted by atomic mass is 35.5. The number of hydrogen-bond donors (Lipinski definition) is 3. The first-order valence-corrected chi connectivity index (χ1v) is 6.65. The first kappa shape index (κ1) is 16.4. The lowest BCUT2D eigenvalue weighted by atomic mass is 10.1. The lowest BCUT2D eigenvalue weighted by Crippen LogP contribution is -2.46. The van der Waals surface area contributed by atoms with Crippen molar-refractivity contribution in [3.05, 3.63) is 23.0 Å². The molecule has 0 fully saturated rings. The number of aromatic nitrogens is 1. The minimum atomic E-state index is -0.633. The van der Waals surface area contributed by atoms with E-state index in [9.17, 15) is 9.59 Å². The topological polar surface area (TPSA) is 97.1 Å². The van der Waals surface area contributed by atoms with Crippen molar-refractivity contribution in [2.75, 3.05) is 11.9 Å². The number of nitrogens with one attached hydrogen (secondary N) is 2. The average Bonchev–Trinajstić information content (AvgIpc) is 2.39. The van der Waals surface area contributed by atoms with Crippen molar-refractivity contribution in [1.29, 1.82) is 0 Å². The lowest BCUT2D eigenvalue weighted by Gasteiger charge is -2.15. The number of halogens is 1. The molecule has 0 aliphatic heterocycles. The largest absolute Gasteiger partial charge is 0.346 e. The van der Waals surface area contributed by atoms with Crippen LogP contribution in [0.5, 0.6) is 0 Å². The van der Waals surface area contributed by atoms with E-state index in [4.69, 9.17) is 17.3 Å². The van der Waals surface area contributed by atoms with E-state index in [-0.39, 0.29) is 29.4 Å². The van der Waals surface area contributed by atoms with Gasteiger partial charge < -0.3 is 16.4 Å². The second-order valence-corrected chi connectivity index (χ2v) is 5.19. The minimum absolute atomic E-state index is 0.00748. The standard InChI is InChI=1S/C13H19ClN4O2/c1-7(2)10(15)13(20)17-6-9(19)18-11-8(3)4-5-16-12(11)14/h4-5,7,10H,6,15H2,1-3H3,(H,17,20)(H,18,19)/t10-/m0/s1. The maximum Gasteiger partial charge on any atom is 0.243 e. The highest BCUT2D eigenvalue weighted by Gasteiger charge is 2.18. The maximum atomic E-state index is 11.8. The minimum Gasteiger partial charge on any atom is -0.346 e. The SMILES string of the molecule is Cc1ccnc(Cl)c1NC(=O)CNC(=O)[C@@H](N)C(C)C. The molecule has 1 aromatic heterocycles. The van der Waals surface area contributed by atoms with E-state index in [1.807, 2.05) is 13.8 Å². The van der Waals surface area contributed by atoms with E-state index in [0.29, 0.717) is 5.69 Å². The molecule has 1 rings (SSSR count). The van der Waals surface area contributed by atoms with Gasteiger partial charge in [-0.25, -0.2) is 4.98 Å². The second kappa shape index (κ2) is 7.21. The molecule has 6 nitrogen and oxygen atoms in total. The zero-order valence-electron chi connectivity index (χ0n) is 11.7. The summed E-state index contributed by atoms with van der Waals surface area (Å²) in [5, 5.41) is 5.31. The number of pyridine rings is 1. The molecule has 0 aromatic carbocycles. The molecule has 1 aromatic rings. The number of nitrogens with two attached hydrogens (primary N) is 1. The molecule has 1 heterocycles. The fraction of sp³-hybridized carbons (Fsp3) is 0.462. The van der Waals surface area contributed by atoms with Crippen LogP contribution in [-0.2, 0) is 9.59 Å². The number of aryl methyl sites for hydroxylation is 1. The van der Waals surface area contributed by atoms with E-state index >= 15 is 0 Å². The number of amides is 2. The smallest absolute Gasteiger partial charge is 0.243 e.